The Kier molecular flexibility index (Phi) is 18.0. The summed E-state index contributed by atoms with van der Waals surface area (Å²) in [4.78, 5) is 49.1. The maximum absolute atomic E-state index is 12.7. The van der Waals surface area contributed by atoms with E-state index in [4.69, 9.17) is 15.0 Å². The average molecular weight is 968 g/mol. The molecule has 0 unspecified atom stereocenters. The highest BCUT2D eigenvalue weighted by molar-refractivity contribution is 5.88. The lowest BCUT2D eigenvalue weighted by molar-refractivity contribution is -0.148. The van der Waals surface area contributed by atoms with E-state index >= 15 is 0 Å². The first-order valence-corrected chi connectivity index (χ1v) is 26.7. The number of nitrogens with one attached hydrogen (secondary N) is 5. The Morgan fingerprint density at radius 3 is 1.39 bits per heavy atom. The van der Waals surface area contributed by atoms with E-state index in [9.17, 15) is 9.59 Å². The van der Waals surface area contributed by atoms with Gasteiger partial charge in [0.1, 0.15) is 5.82 Å². The van der Waals surface area contributed by atoms with E-state index in [0.29, 0.717) is 44.2 Å². The zero-order valence-corrected chi connectivity index (χ0v) is 48.7. The molecule has 5 rings (SSSR count). The number of piperidine rings is 2. The van der Waals surface area contributed by atoms with Gasteiger partial charge < -0.3 is 35.6 Å². The van der Waals surface area contributed by atoms with Gasteiger partial charge in [-0.15, -0.1) is 0 Å². The normalized spacial score (nSPS) is 24.2. The van der Waals surface area contributed by atoms with Crippen molar-refractivity contribution in [1.82, 2.24) is 50.9 Å². The number of hydrogen-bond acceptors (Lipinski definition) is 12. The molecule has 5 heterocycles. The van der Waals surface area contributed by atoms with Gasteiger partial charge >= 0.3 is 0 Å². The highest BCUT2D eigenvalue weighted by atomic mass is 16.2. The number of piperazine rings is 2. The van der Waals surface area contributed by atoms with Crippen LogP contribution in [-0.2, 0) is 9.59 Å². The second kappa shape index (κ2) is 21.1. The number of hydrogen-bond donors (Lipinski definition) is 5. The van der Waals surface area contributed by atoms with E-state index in [-0.39, 0.29) is 56.0 Å². The number of carbonyl (C=O) groups is 2. The highest BCUT2D eigenvalue weighted by Gasteiger charge is 2.46. The summed E-state index contributed by atoms with van der Waals surface area (Å²) in [5.74, 6) is 2.49. The van der Waals surface area contributed by atoms with Crippen LogP contribution >= 0.6 is 0 Å². The fraction of sp³-hybridized carbons (Fsp3) is 0.909. The summed E-state index contributed by atoms with van der Waals surface area (Å²) in [7, 11) is 2.34. The first-order chi connectivity index (χ1) is 31.0. The summed E-state index contributed by atoms with van der Waals surface area (Å²) in [6.45, 7) is 52.8. The monoisotopic (exact) mass is 967 g/mol. The van der Waals surface area contributed by atoms with Gasteiger partial charge in [0, 0.05) is 83.6 Å². The van der Waals surface area contributed by atoms with E-state index in [2.05, 4.69) is 161 Å². The van der Waals surface area contributed by atoms with Gasteiger partial charge in [-0.3, -0.25) is 20.2 Å². The van der Waals surface area contributed by atoms with Gasteiger partial charge in [0.15, 0.2) is 0 Å². The molecule has 1 aromatic heterocycles. The number of rotatable bonds is 16. The van der Waals surface area contributed by atoms with E-state index in [1.54, 1.807) is 0 Å². The van der Waals surface area contributed by atoms with E-state index < -0.39 is 11.1 Å². The number of aryl methyl sites for hydroxylation is 1. The first-order valence-electron chi connectivity index (χ1n) is 26.7. The molecule has 14 heteroatoms. The Balaban J connectivity index is 0.000000362. The lowest BCUT2D eigenvalue weighted by Gasteiger charge is -2.50. The third-order valence-electron chi connectivity index (χ3n) is 14.2. The summed E-state index contributed by atoms with van der Waals surface area (Å²) < 4.78 is 0. The minimum Gasteiger partial charge on any atom is -0.349 e. The fourth-order valence-corrected chi connectivity index (χ4v) is 13.4. The molecule has 0 bridgehead atoms. The summed E-state index contributed by atoms with van der Waals surface area (Å²) in [6.07, 6.45) is 10.4. The van der Waals surface area contributed by atoms with Crippen LogP contribution in [0, 0.1) is 12.3 Å². The standard InChI is InChI=1S/C37H72N8.C18H34N4O2/c1-27-38-30(41-37(13,14)26-32(2,3)4)40-31(39-27)45(29-24-35(9,10)43-36(11,12)25-29)21-19-17-16-18-20-44(15)28-22-33(5,6)42-34(7,8)23-28;1-15(2)11-21(13(23)17(5,6)19-15)9-10-22-12-16(3,4)20-18(7,8)14(22)24/h28-29,42-43H,16-26H2,1-15H3,(H,38,39,40,41);19-20H,9-12H2,1-8H3. The van der Waals surface area contributed by atoms with Gasteiger partial charge in [-0.1, -0.05) is 33.6 Å². The summed E-state index contributed by atoms with van der Waals surface area (Å²) in [6, 6.07) is 1.01. The van der Waals surface area contributed by atoms with Gasteiger partial charge in [0.05, 0.1) is 11.1 Å². The molecule has 4 aliphatic heterocycles. The van der Waals surface area contributed by atoms with Crippen molar-refractivity contribution in [2.24, 2.45) is 5.41 Å². The Hall–Kier alpha value is -2.65. The van der Waals surface area contributed by atoms with E-state index in [0.717, 1.165) is 44.0 Å². The average Bonchev–Trinajstić information content (AvgIpc) is 3.09. The van der Waals surface area contributed by atoms with Gasteiger partial charge in [0.25, 0.3) is 0 Å². The summed E-state index contributed by atoms with van der Waals surface area (Å²) in [5, 5.41) is 18.2. The predicted molar refractivity (Wildman–Crippen MR) is 289 cm³/mol. The van der Waals surface area contributed by atoms with Gasteiger partial charge in [-0.25, -0.2) is 0 Å². The maximum Gasteiger partial charge on any atom is 0.242 e. The Labute approximate surface area is 422 Å². The number of unbranched alkanes of at least 4 members (excludes halogenated alkanes) is 3. The molecule has 0 atom stereocenters. The number of anilines is 2. The van der Waals surface area contributed by atoms with Crippen molar-refractivity contribution in [3.8, 4) is 0 Å². The van der Waals surface area contributed by atoms with Crippen LogP contribution in [0.15, 0.2) is 0 Å². The van der Waals surface area contributed by atoms with Crippen molar-refractivity contribution < 1.29 is 9.59 Å². The molecule has 69 heavy (non-hydrogen) atoms. The molecule has 14 nitrogen and oxygen atoms in total. The largest absolute Gasteiger partial charge is 0.349 e. The molecule has 0 aromatic carbocycles. The molecular formula is C55H106N12O2. The van der Waals surface area contributed by atoms with Crippen molar-refractivity contribution in [1.29, 1.82) is 0 Å². The third kappa shape index (κ3) is 18.1. The molecule has 1 aromatic rings. The minimum absolute atomic E-state index is 0.0465. The van der Waals surface area contributed by atoms with Crippen LogP contribution in [0.3, 0.4) is 0 Å². The molecule has 398 valence electrons. The predicted octanol–water partition coefficient (Wildman–Crippen LogP) is 8.69. The minimum atomic E-state index is -0.576. The smallest absolute Gasteiger partial charge is 0.242 e. The molecule has 0 saturated carbocycles. The van der Waals surface area contributed by atoms with E-state index in [1.165, 1.54) is 38.6 Å². The van der Waals surface area contributed by atoms with Crippen molar-refractivity contribution in [2.75, 3.05) is 56.5 Å². The zero-order valence-electron chi connectivity index (χ0n) is 48.7. The van der Waals surface area contributed by atoms with Crippen LogP contribution in [0.25, 0.3) is 0 Å². The topological polar surface area (TPSA) is 146 Å². The SMILES string of the molecule is CC1(C)CN(CCN2CC(C)(C)NC(C)(C)C2=O)C(=O)C(C)(C)N1.Cc1nc(NC(C)(C)CC(C)(C)C)nc(N(CCCCCCN(C)C2CC(C)(C)NC(C)(C)C2)C2CC(C)(C)NC(C)(C)C2)n1. The molecule has 4 aliphatic rings. The van der Waals surface area contributed by atoms with Crippen LogP contribution in [0.4, 0.5) is 11.9 Å². The van der Waals surface area contributed by atoms with Gasteiger partial charge in [0.2, 0.25) is 23.7 Å². The Bertz CT molecular complexity index is 1810. The van der Waals surface area contributed by atoms with Gasteiger partial charge in [-0.05, 0) is 196 Å². The molecule has 2 amide bonds. The second-order valence-electron chi connectivity index (χ2n) is 29.0. The molecule has 4 fully saturated rings. The quantitative estimate of drug-likeness (QED) is 0.101. The third-order valence-corrected chi connectivity index (χ3v) is 14.2. The number of nitrogens with zero attached hydrogens (tertiary/aromatic N) is 7. The highest BCUT2D eigenvalue weighted by Crippen LogP contribution is 2.35. The first kappa shape index (κ1) is 58.9. The number of amides is 2. The molecule has 0 aliphatic carbocycles. The fourth-order valence-electron chi connectivity index (χ4n) is 13.4. The zero-order chi connectivity index (χ0) is 52.6. The molecule has 0 spiro atoms. The Morgan fingerprint density at radius 1 is 0.565 bits per heavy atom. The van der Waals surface area contributed by atoms with Crippen LogP contribution in [0.1, 0.15) is 209 Å². The molecular weight excluding hydrogens is 861 g/mol. The lowest BCUT2D eigenvalue weighted by atomic mass is 9.79. The van der Waals surface area contributed by atoms with Crippen LogP contribution in [0.5, 0.6) is 0 Å². The van der Waals surface area contributed by atoms with Crippen molar-refractivity contribution >= 4 is 23.7 Å². The molecule has 0 radical (unpaired) electrons. The van der Waals surface area contributed by atoms with Crippen molar-refractivity contribution in [3.63, 3.8) is 0 Å². The van der Waals surface area contributed by atoms with Crippen LogP contribution in [0.2, 0.25) is 0 Å². The molecule has 4 saturated heterocycles. The maximum atomic E-state index is 12.7. The van der Waals surface area contributed by atoms with E-state index in [1.807, 2.05) is 44.4 Å². The van der Waals surface area contributed by atoms with Crippen LogP contribution in [-0.4, -0.2) is 150 Å². The lowest BCUT2D eigenvalue weighted by Crippen LogP contribution is -2.72. The molecule has 5 N–H and O–H groups in total. The van der Waals surface area contributed by atoms with Gasteiger partial charge in [-0.2, -0.15) is 15.0 Å². The van der Waals surface area contributed by atoms with Crippen molar-refractivity contribution in [2.45, 2.75) is 272 Å². The second-order valence-corrected chi connectivity index (χ2v) is 29.0. The Morgan fingerprint density at radius 2 is 0.971 bits per heavy atom. The number of carbonyl (C=O) groups excluding carboxylic acids is 2. The van der Waals surface area contributed by atoms with Crippen molar-refractivity contribution in [3.05, 3.63) is 5.82 Å². The summed E-state index contributed by atoms with van der Waals surface area (Å²) >= 11 is 0. The van der Waals surface area contributed by atoms with Crippen LogP contribution < -0.4 is 31.5 Å². The number of aromatic nitrogens is 3. The summed E-state index contributed by atoms with van der Waals surface area (Å²) in [5.41, 5.74) is -0.876.